The van der Waals surface area contributed by atoms with Crippen LogP contribution in [0.2, 0.25) is 0 Å². The van der Waals surface area contributed by atoms with Crippen molar-refractivity contribution in [2.45, 2.75) is 18.9 Å². The molecule has 34 heavy (non-hydrogen) atoms. The molecule has 0 aliphatic carbocycles. The smallest absolute Gasteiger partial charge is 0.290 e. The van der Waals surface area contributed by atoms with Crippen LogP contribution >= 0.6 is 24.8 Å². The number of aromatic hydroxyl groups is 2. The molecule has 1 aromatic heterocycles. The predicted octanol–water partition coefficient (Wildman–Crippen LogP) is 3.94. The second-order valence-corrected chi connectivity index (χ2v) is 7.90. The summed E-state index contributed by atoms with van der Waals surface area (Å²) in [5.74, 6) is -0.0575. The number of piperidine rings is 1. The Labute approximate surface area is 209 Å². The van der Waals surface area contributed by atoms with Crippen molar-refractivity contribution in [1.29, 1.82) is 0 Å². The Bertz CT molecular complexity index is 1100. The van der Waals surface area contributed by atoms with Crippen LogP contribution in [0.25, 0.3) is 11.3 Å². The predicted molar refractivity (Wildman–Crippen MR) is 134 cm³/mol. The molecule has 0 radical (unpaired) electrons. The molecule has 1 aliphatic heterocycles. The van der Waals surface area contributed by atoms with E-state index in [1.807, 2.05) is 31.1 Å². The fraction of sp³-hybridized carbons (Fsp3) is 0.304. The second-order valence-electron chi connectivity index (χ2n) is 7.90. The molecule has 1 aliphatic rings. The molecule has 3 aromatic rings. The van der Waals surface area contributed by atoms with E-state index in [9.17, 15) is 15.0 Å². The summed E-state index contributed by atoms with van der Waals surface area (Å²) in [5.41, 5.74) is 1.43. The monoisotopic (exact) mass is 510 g/mol. The van der Waals surface area contributed by atoms with Gasteiger partial charge >= 0.3 is 0 Å². The van der Waals surface area contributed by atoms with Gasteiger partial charge in [0.2, 0.25) is 5.76 Å². The highest BCUT2D eigenvalue weighted by molar-refractivity contribution is 5.93. The van der Waals surface area contributed by atoms with Crippen LogP contribution in [0.1, 0.15) is 23.4 Å². The van der Waals surface area contributed by atoms with E-state index < -0.39 is 0 Å². The Morgan fingerprint density at radius 3 is 2.44 bits per heavy atom. The van der Waals surface area contributed by atoms with Crippen LogP contribution in [-0.4, -0.2) is 54.5 Å². The number of rotatable bonds is 6. The number of nitrogens with one attached hydrogen (secondary N) is 2. The molecule has 2 heterocycles. The van der Waals surface area contributed by atoms with Gasteiger partial charge in [0, 0.05) is 44.0 Å². The Kier molecular flexibility index (Phi) is 9.43. The van der Waals surface area contributed by atoms with Crippen LogP contribution in [0.4, 0.5) is 5.69 Å². The van der Waals surface area contributed by atoms with Crippen molar-refractivity contribution in [3.05, 3.63) is 48.2 Å². The number of hydrogen-bond donors (Lipinski definition) is 4. The lowest BCUT2D eigenvalue weighted by atomic mass is 10.1. The number of benzene rings is 2. The van der Waals surface area contributed by atoms with Crippen LogP contribution < -0.4 is 20.3 Å². The molecule has 0 unspecified atom stereocenters. The fourth-order valence-electron chi connectivity index (χ4n) is 3.59. The zero-order valence-electron chi connectivity index (χ0n) is 18.8. The maximum atomic E-state index is 12.6. The zero-order valence-corrected chi connectivity index (χ0v) is 20.4. The normalized spacial score (nSPS) is 13.4. The van der Waals surface area contributed by atoms with Gasteiger partial charge in [0.05, 0.1) is 5.56 Å². The molecule has 2 aromatic carbocycles. The molecule has 1 fully saturated rings. The summed E-state index contributed by atoms with van der Waals surface area (Å²) in [6.07, 6.45) is 1.69. The van der Waals surface area contributed by atoms with E-state index >= 15 is 0 Å². The molecule has 0 spiro atoms. The SMILES string of the molecule is CN(C)c1ccc(Oc2cc(O)cc(O)c2-c2cc(C(=O)NC3CCNCC3)on2)cc1.Cl.Cl. The highest BCUT2D eigenvalue weighted by Crippen LogP contribution is 2.42. The number of phenolic OH excluding ortho intramolecular Hbond substituents is 2. The van der Waals surface area contributed by atoms with E-state index in [1.54, 1.807) is 12.1 Å². The summed E-state index contributed by atoms with van der Waals surface area (Å²) in [6, 6.07) is 11.4. The van der Waals surface area contributed by atoms with Crippen LogP contribution in [0.5, 0.6) is 23.0 Å². The molecule has 11 heteroatoms. The van der Waals surface area contributed by atoms with Crippen molar-refractivity contribution in [3.8, 4) is 34.3 Å². The first-order valence-corrected chi connectivity index (χ1v) is 10.4. The van der Waals surface area contributed by atoms with Crippen LogP contribution in [0, 0.1) is 0 Å². The molecule has 1 saturated heterocycles. The van der Waals surface area contributed by atoms with Gasteiger partial charge in [0.1, 0.15) is 28.7 Å². The number of nitrogens with zero attached hydrogens (tertiary/aromatic N) is 2. The first kappa shape index (κ1) is 27.1. The highest BCUT2D eigenvalue weighted by Gasteiger charge is 2.23. The standard InChI is InChI=1S/C23H26N4O5.2ClH/c1-27(2)15-3-5-17(6-4-15)31-20-12-16(28)11-19(29)22(20)18-13-21(32-26-18)23(30)25-14-7-9-24-10-8-14;;/h3-6,11-14,24,28-29H,7-10H2,1-2H3,(H,25,30);2*1H. The van der Waals surface area contributed by atoms with Crippen molar-refractivity contribution < 1.29 is 24.3 Å². The average molecular weight is 511 g/mol. The molecule has 0 bridgehead atoms. The van der Waals surface area contributed by atoms with Crippen LogP contribution in [0.3, 0.4) is 0 Å². The lowest BCUT2D eigenvalue weighted by molar-refractivity contribution is 0.0892. The first-order valence-electron chi connectivity index (χ1n) is 10.4. The molecule has 184 valence electrons. The van der Waals surface area contributed by atoms with E-state index in [-0.39, 0.29) is 71.0 Å². The van der Waals surface area contributed by atoms with E-state index in [4.69, 9.17) is 9.26 Å². The van der Waals surface area contributed by atoms with Gasteiger partial charge in [0.25, 0.3) is 5.91 Å². The van der Waals surface area contributed by atoms with Gasteiger partial charge in [-0.2, -0.15) is 0 Å². The first-order chi connectivity index (χ1) is 15.4. The van der Waals surface area contributed by atoms with E-state index in [0.29, 0.717) is 5.75 Å². The molecule has 9 nitrogen and oxygen atoms in total. The number of halogens is 2. The third kappa shape index (κ3) is 6.25. The number of ether oxygens (including phenoxy) is 1. The van der Waals surface area contributed by atoms with Crippen molar-refractivity contribution in [2.24, 2.45) is 0 Å². The minimum atomic E-state index is -0.365. The number of carbonyl (C=O) groups is 1. The number of amides is 1. The summed E-state index contributed by atoms with van der Waals surface area (Å²) in [4.78, 5) is 14.5. The molecular formula is C23H28Cl2N4O5. The highest BCUT2D eigenvalue weighted by atomic mass is 35.5. The molecule has 0 atom stereocenters. The summed E-state index contributed by atoms with van der Waals surface area (Å²) >= 11 is 0. The average Bonchev–Trinajstić information content (AvgIpc) is 3.24. The summed E-state index contributed by atoms with van der Waals surface area (Å²) in [6.45, 7) is 1.70. The van der Waals surface area contributed by atoms with E-state index in [1.165, 1.54) is 18.2 Å². The second kappa shape index (κ2) is 11.8. The lowest BCUT2D eigenvalue weighted by Crippen LogP contribution is -2.42. The molecular weight excluding hydrogens is 483 g/mol. The molecule has 1 amide bonds. The van der Waals surface area contributed by atoms with Crippen molar-refractivity contribution in [3.63, 3.8) is 0 Å². The Morgan fingerprint density at radius 2 is 1.79 bits per heavy atom. The Balaban J connectivity index is 0.00000204. The van der Waals surface area contributed by atoms with E-state index in [0.717, 1.165) is 31.6 Å². The number of carbonyl (C=O) groups excluding carboxylic acids is 1. The van der Waals surface area contributed by atoms with Gasteiger partial charge in [-0.15, -0.1) is 24.8 Å². The quantitative estimate of drug-likeness (QED) is 0.393. The number of hydrogen-bond acceptors (Lipinski definition) is 8. The topological polar surface area (TPSA) is 120 Å². The Hall–Kier alpha value is -3.14. The summed E-state index contributed by atoms with van der Waals surface area (Å²) < 4.78 is 11.2. The molecule has 4 N–H and O–H groups in total. The maximum absolute atomic E-state index is 12.6. The number of aromatic nitrogens is 1. The van der Waals surface area contributed by atoms with Gasteiger partial charge in [-0.3, -0.25) is 4.79 Å². The maximum Gasteiger partial charge on any atom is 0.290 e. The van der Waals surface area contributed by atoms with Gasteiger partial charge in [-0.25, -0.2) is 0 Å². The minimum absolute atomic E-state index is 0. The summed E-state index contributed by atoms with van der Waals surface area (Å²) in [5, 5.41) is 30.6. The Morgan fingerprint density at radius 1 is 1.12 bits per heavy atom. The van der Waals surface area contributed by atoms with Gasteiger partial charge in [0.15, 0.2) is 0 Å². The summed E-state index contributed by atoms with van der Waals surface area (Å²) in [7, 11) is 3.87. The van der Waals surface area contributed by atoms with Gasteiger partial charge in [-0.05, 0) is 50.2 Å². The van der Waals surface area contributed by atoms with Crippen LogP contribution in [0.15, 0.2) is 47.0 Å². The van der Waals surface area contributed by atoms with E-state index in [2.05, 4.69) is 15.8 Å². The largest absolute Gasteiger partial charge is 0.508 e. The van der Waals surface area contributed by atoms with Crippen molar-refractivity contribution >= 4 is 36.4 Å². The number of anilines is 1. The molecule has 0 saturated carbocycles. The van der Waals surface area contributed by atoms with Crippen molar-refractivity contribution in [2.75, 3.05) is 32.1 Å². The minimum Gasteiger partial charge on any atom is -0.508 e. The van der Waals surface area contributed by atoms with Gasteiger partial charge < -0.3 is 35.0 Å². The van der Waals surface area contributed by atoms with Crippen molar-refractivity contribution in [1.82, 2.24) is 15.8 Å². The fourth-order valence-corrected chi connectivity index (χ4v) is 3.59. The van der Waals surface area contributed by atoms with Crippen LogP contribution in [-0.2, 0) is 0 Å². The zero-order chi connectivity index (χ0) is 22.7. The molecule has 4 rings (SSSR count). The van der Waals surface area contributed by atoms with Gasteiger partial charge in [-0.1, -0.05) is 5.16 Å². The third-order valence-corrected chi connectivity index (χ3v) is 5.31. The third-order valence-electron chi connectivity index (χ3n) is 5.31. The number of phenols is 2. The lowest BCUT2D eigenvalue weighted by Gasteiger charge is -2.22.